The number of hydrogen-bond acceptors (Lipinski definition) is 4. The van der Waals surface area contributed by atoms with Gasteiger partial charge in [-0.15, -0.1) is 0 Å². The molecule has 1 aliphatic heterocycles. The standard InChI is InChI=1S/C26H38O4/c1-5-29-21(28)9-6-15(2)17-7-8-18-22-19(11-13-25(17,18)3)26(4)12-10-16(27)14-20(26)23-24(22)30-23/h14-15,17-19,22-24H,5-13H2,1-4H3/t15-,17-,18+,19+,22+,23+,24-,25-,26-/m1/s1. The number of fused-ring (bicyclic) bond motifs is 8. The third-order valence-corrected chi connectivity index (χ3v) is 10.1. The van der Waals surface area contributed by atoms with Crippen molar-refractivity contribution in [1.82, 2.24) is 0 Å². The van der Waals surface area contributed by atoms with Gasteiger partial charge in [-0.25, -0.2) is 0 Å². The van der Waals surface area contributed by atoms with Gasteiger partial charge in [-0.2, -0.15) is 0 Å². The first kappa shape index (κ1) is 20.7. The fourth-order valence-corrected chi connectivity index (χ4v) is 8.56. The fourth-order valence-electron chi connectivity index (χ4n) is 8.56. The zero-order chi connectivity index (χ0) is 21.3. The Morgan fingerprint density at radius 3 is 2.80 bits per heavy atom. The highest BCUT2D eigenvalue weighted by atomic mass is 16.6. The summed E-state index contributed by atoms with van der Waals surface area (Å²) in [5.41, 5.74) is 1.84. The van der Waals surface area contributed by atoms with Gasteiger partial charge in [0.05, 0.1) is 12.7 Å². The fraction of sp³-hybridized carbons (Fsp3) is 0.846. The van der Waals surface area contributed by atoms with E-state index in [1.54, 1.807) is 0 Å². The third-order valence-electron chi connectivity index (χ3n) is 10.1. The molecule has 0 unspecified atom stereocenters. The van der Waals surface area contributed by atoms with Crippen molar-refractivity contribution >= 4 is 11.8 Å². The Kier molecular flexibility index (Phi) is 4.96. The van der Waals surface area contributed by atoms with Crippen LogP contribution in [0.25, 0.3) is 0 Å². The predicted molar refractivity (Wildman–Crippen MR) is 115 cm³/mol. The predicted octanol–water partition coefficient (Wildman–Crippen LogP) is 5.10. The molecule has 4 nitrogen and oxygen atoms in total. The minimum Gasteiger partial charge on any atom is -0.466 e. The van der Waals surface area contributed by atoms with E-state index in [0.29, 0.717) is 60.4 Å². The molecule has 3 saturated carbocycles. The second-order valence-electron chi connectivity index (χ2n) is 11.3. The van der Waals surface area contributed by atoms with Crippen LogP contribution in [0.2, 0.25) is 0 Å². The molecular weight excluding hydrogens is 376 g/mol. The van der Waals surface area contributed by atoms with Gasteiger partial charge in [-0.3, -0.25) is 9.59 Å². The van der Waals surface area contributed by atoms with Crippen LogP contribution in [0.4, 0.5) is 0 Å². The molecule has 5 rings (SSSR count). The van der Waals surface area contributed by atoms with Crippen molar-refractivity contribution in [3.8, 4) is 0 Å². The highest BCUT2D eigenvalue weighted by Gasteiger charge is 2.69. The highest BCUT2D eigenvalue weighted by Crippen LogP contribution is 2.70. The Labute approximate surface area is 181 Å². The SMILES string of the molecule is CCOC(=O)CC[C@@H](C)[C@H]1CC[C@H]2[C@@H]3[C@H]4O[C@H]4C4=CC(=O)CC[C@]4(C)[C@H]3CC[C@]12C. The van der Waals surface area contributed by atoms with Gasteiger partial charge in [0.25, 0.3) is 0 Å². The summed E-state index contributed by atoms with van der Waals surface area (Å²) in [5.74, 6) is 3.52. The minimum absolute atomic E-state index is 0.0478. The quantitative estimate of drug-likeness (QED) is 0.464. The largest absolute Gasteiger partial charge is 0.466 e. The average molecular weight is 415 g/mol. The highest BCUT2D eigenvalue weighted by molar-refractivity contribution is 5.92. The van der Waals surface area contributed by atoms with Crippen LogP contribution in [0.5, 0.6) is 0 Å². The van der Waals surface area contributed by atoms with Crippen LogP contribution in [0, 0.1) is 40.4 Å². The summed E-state index contributed by atoms with van der Waals surface area (Å²) < 4.78 is 11.5. The normalized spacial score (nSPS) is 47.3. The van der Waals surface area contributed by atoms with E-state index in [2.05, 4.69) is 20.8 Å². The molecule has 0 amide bonds. The summed E-state index contributed by atoms with van der Waals surface area (Å²) in [5, 5.41) is 0. The topological polar surface area (TPSA) is 55.9 Å². The molecule has 0 spiro atoms. The van der Waals surface area contributed by atoms with Gasteiger partial charge in [0.2, 0.25) is 0 Å². The second kappa shape index (κ2) is 7.18. The van der Waals surface area contributed by atoms with E-state index in [1.807, 2.05) is 13.0 Å². The Bertz CT molecular complexity index is 771. The lowest BCUT2D eigenvalue weighted by atomic mass is 9.46. The van der Waals surface area contributed by atoms with E-state index in [1.165, 1.54) is 31.3 Å². The first-order valence-corrected chi connectivity index (χ1v) is 12.4. The lowest BCUT2D eigenvalue weighted by Crippen LogP contribution is -2.53. The van der Waals surface area contributed by atoms with Crippen molar-refractivity contribution in [3.63, 3.8) is 0 Å². The van der Waals surface area contributed by atoms with Crippen LogP contribution in [0.15, 0.2) is 11.6 Å². The number of carbonyl (C=O) groups is 2. The van der Waals surface area contributed by atoms with Gasteiger partial charge in [0.1, 0.15) is 6.10 Å². The molecule has 0 N–H and O–H groups in total. The molecule has 30 heavy (non-hydrogen) atoms. The van der Waals surface area contributed by atoms with Crippen LogP contribution < -0.4 is 0 Å². The smallest absolute Gasteiger partial charge is 0.305 e. The van der Waals surface area contributed by atoms with Gasteiger partial charge < -0.3 is 9.47 Å². The molecule has 0 aromatic carbocycles. The molecule has 1 heterocycles. The number of hydrogen-bond donors (Lipinski definition) is 0. The maximum atomic E-state index is 12.1. The monoisotopic (exact) mass is 414 g/mol. The third kappa shape index (κ3) is 2.96. The Hall–Kier alpha value is -1.16. The van der Waals surface area contributed by atoms with Gasteiger partial charge in [-0.1, -0.05) is 20.8 Å². The van der Waals surface area contributed by atoms with E-state index in [0.717, 1.165) is 18.8 Å². The molecule has 0 bridgehead atoms. The van der Waals surface area contributed by atoms with Gasteiger partial charge in [-0.05, 0) is 97.5 Å². The van der Waals surface area contributed by atoms with Crippen molar-refractivity contribution in [3.05, 3.63) is 11.6 Å². The number of rotatable bonds is 5. The summed E-state index contributed by atoms with van der Waals surface area (Å²) in [7, 11) is 0. The molecule has 0 aromatic rings. The Balaban J connectivity index is 1.35. The summed E-state index contributed by atoms with van der Waals surface area (Å²) in [6.45, 7) is 9.68. The van der Waals surface area contributed by atoms with Crippen LogP contribution in [-0.2, 0) is 19.1 Å². The molecule has 4 aliphatic carbocycles. The number of esters is 1. The molecule has 1 saturated heterocycles. The van der Waals surface area contributed by atoms with Crippen molar-refractivity contribution in [2.45, 2.75) is 91.3 Å². The van der Waals surface area contributed by atoms with Crippen molar-refractivity contribution < 1.29 is 19.1 Å². The molecule has 9 atom stereocenters. The van der Waals surface area contributed by atoms with Crippen molar-refractivity contribution in [2.24, 2.45) is 40.4 Å². The number of ketones is 1. The first-order valence-electron chi connectivity index (χ1n) is 12.4. The lowest BCUT2D eigenvalue weighted by molar-refractivity contribution is -0.143. The number of carbonyl (C=O) groups excluding carboxylic acids is 2. The van der Waals surface area contributed by atoms with E-state index in [4.69, 9.17) is 9.47 Å². The molecule has 4 fully saturated rings. The van der Waals surface area contributed by atoms with E-state index in [9.17, 15) is 9.59 Å². The van der Waals surface area contributed by atoms with Crippen LogP contribution in [0.1, 0.15) is 79.1 Å². The molecule has 166 valence electrons. The maximum Gasteiger partial charge on any atom is 0.305 e. The second-order valence-corrected chi connectivity index (χ2v) is 11.3. The molecule has 0 radical (unpaired) electrons. The van der Waals surface area contributed by atoms with Crippen LogP contribution >= 0.6 is 0 Å². The number of ether oxygens (including phenoxy) is 2. The average Bonchev–Trinajstić information content (AvgIpc) is 3.42. The number of epoxide rings is 1. The zero-order valence-electron chi connectivity index (χ0n) is 19.1. The Morgan fingerprint density at radius 2 is 2.03 bits per heavy atom. The first-order chi connectivity index (χ1) is 14.3. The minimum atomic E-state index is -0.0478. The van der Waals surface area contributed by atoms with Crippen LogP contribution in [-0.4, -0.2) is 30.6 Å². The summed E-state index contributed by atoms with van der Waals surface area (Å²) in [4.78, 5) is 24.0. The summed E-state index contributed by atoms with van der Waals surface area (Å²) >= 11 is 0. The van der Waals surface area contributed by atoms with E-state index < -0.39 is 0 Å². The van der Waals surface area contributed by atoms with Gasteiger partial charge in [0.15, 0.2) is 5.78 Å². The molecular formula is C26H38O4. The molecule has 0 aromatic heterocycles. The maximum absolute atomic E-state index is 12.1. The van der Waals surface area contributed by atoms with Crippen LogP contribution in [0.3, 0.4) is 0 Å². The summed E-state index contributed by atoms with van der Waals surface area (Å²) in [6.07, 6.45) is 10.8. The molecule has 4 heteroatoms. The molecule has 5 aliphatic rings. The Morgan fingerprint density at radius 1 is 1.23 bits per heavy atom. The van der Waals surface area contributed by atoms with E-state index >= 15 is 0 Å². The van der Waals surface area contributed by atoms with Crippen molar-refractivity contribution in [2.75, 3.05) is 6.61 Å². The zero-order valence-corrected chi connectivity index (χ0v) is 19.1. The summed E-state index contributed by atoms with van der Waals surface area (Å²) in [6, 6.07) is 0. The van der Waals surface area contributed by atoms with Crippen molar-refractivity contribution in [1.29, 1.82) is 0 Å². The van der Waals surface area contributed by atoms with Gasteiger partial charge in [0, 0.05) is 12.8 Å². The lowest BCUT2D eigenvalue weighted by Gasteiger charge is -2.57. The van der Waals surface area contributed by atoms with Gasteiger partial charge >= 0.3 is 5.97 Å². The van der Waals surface area contributed by atoms with E-state index in [-0.39, 0.29) is 17.5 Å².